The number of aromatic nitrogens is 3. The molecule has 0 bridgehead atoms. The Kier molecular flexibility index (Phi) is 3.54. The molecule has 0 saturated heterocycles. The number of benzene rings is 2. The van der Waals surface area contributed by atoms with Gasteiger partial charge in [0, 0.05) is 12.6 Å². The SMILES string of the molecule is Cn1nc2n(c1=O)C(c1ccccc1)=CSC2c1ccccc1O. The Morgan fingerprint density at radius 3 is 2.54 bits per heavy atom. The first-order valence-corrected chi connectivity index (χ1v) is 8.46. The van der Waals surface area contributed by atoms with Crippen molar-refractivity contribution in [2.24, 2.45) is 7.05 Å². The van der Waals surface area contributed by atoms with Crippen LogP contribution in [0.1, 0.15) is 22.2 Å². The third-order valence-electron chi connectivity index (χ3n) is 4.03. The number of rotatable bonds is 2. The molecule has 2 heterocycles. The lowest BCUT2D eigenvalue weighted by Crippen LogP contribution is -2.25. The number of aryl methyl sites for hydroxylation is 1. The molecule has 1 atom stereocenters. The van der Waals surface area contributed by atoms with Crippen LogP contribution in [0.4, 0.5) is 0 Å². The molecule has 0 amide bonds. The van der Waals surface area contributed by atoms with E-state index in [2.05, 4.69) is 5.10 Å². The molecule has 6 heteroatoms. The summed E-state index contributed by atoms with van der Waals surface area (Å²) < 4.78 is 2.97. The first kappa shape index (κ1) is 14.8. The minimum atomic E-state index is -0.229. The highest BCUT2D eigenvalue weighted by molar-refractivity contribution is 8.02. The molecular weight excluding hydrogens is 322 g/mol. The largest absolute Gasteiger partial charge is 0.508 e. The minimum Gasteiger partial charge on any atom is -0.508 e. The fourth-order valence-electron chi connectivity index (χ4n) is 2.85. The van der Waals surface area contributed by atoms with Crippen LogP contribution in [0.25, 0.3) is 5.70 Å². The predicted octanol–water partition coefficient (Wildman–Crippen LogP) is 2.97. The van der Waals surface area contributed by atoms with Crippen molar-refractivity contribution in [3.63, 3.8) is 0 Å². The van der Waals surface area contributed by atoms with Crippen molar-refractivity contribution in [1.82, 2.24) is 14.3 Å². The number of hydrogen-bond donors (Lipinski definition) is 1. The van der Waals surface area contributed by atoms with Crippen LogP contribution >= 0.6 is 11.8 Å². The van der Waals surface area contributed by atoms with Gasteiger partial charge >= 0.3 is 5.69 Å². The fraction of sp³-hybridized carbons (Fsp3) is 0.111. The third kappa shape index (κ3) is 2.27. The van der Waals surface area contributed by atoms with Gasteiger partial charge in [-0.3, -0.25) is 0 Å². The molecule has 120 valence electrons. The van der Waals surface area contributed by atoms with Crippen molar-refractivity contribution in [3.8, 4) is 5.75 Å². The van der Waals surface area contributed by atoms with E-state index in [0.717, 1.165) is 16.8 Å². The summed E-state index contributed by atoms with van der Waals surface area (Å²) in [7, 11) is 1.64. The zero-order valence-corrected chi connectivity index (χ0v) is 13.8. The second kappa shape index (κ2) is 5.72. The van der Waals surface area contributed by atoms with E-state index in [-0.39, 0.29) is 16.7 Å². The lowest BCUT2D eigenvalue weighted by molar-refractivity contribution is 0.468. The van der Waals surface area contributed by atoms with Crippen LogP contribution in [0.3, 0.4) is 0 Å². The normalized spacial score (nSPS) is 16.5. The quantitative estimate of drug-likeness (QED) is 0.781. The van der Waals surface area contributed by atoms with E-state index < -0.39 is 0 Å². The summed E-state index contributed by atoms with van der Waals surface area (Å²) in [5.74, 6) is 0.826. The maximum atomic E-state index is 12.6. The smallest absolute Gasteiger partial charge is 0.350 e. The first-order chi connectivity index (χ1) is 11.7. The Balaban J connectivity index is 1.91. The molecule has 2 aromatic carbocycles. The van der Waals surface area contributed by atoms with Crippen LogP contribution in [-0.4, -0.2) is 19.5 Å². The average Bonchev–Trinajstić information content (AvgIpc) is 2.91. The molecule has 1 aromatic heterocycles. The zero-order chi connectivity index (χ0) is 16.7. The van der Waals surface area contributed by atoms with E-state index in [1.165, 1.54) is 4.68 Å². The van der Waals surface area contributed by atoms with Crippen LogP contribution in [0, 0.1) is 0 Å². The summed E-state index contributed by atoms with van der Waals surface area (Å²) >= 11 is 1.54. The van der Waals surface area contributed by atoms with Crippen LogP contribution in [0.5, 0.6) is 5.75 Å². The summed E-state index contributed by atoms with van der Waals surface area (Å²) in [5.41, 5.74) is 2.32. The number of phenols is 1. The summed E-state index contributed by atoms with van der Waals surface area (Å²) in [6, 6.07) is 16.9. The lowest BCUT2D eigenvalue weighted by Gasteiger charge is -2.22. The minimum absolute atomic E-state index is 0.194. The molecule has 24 heavy (non-hydrogen) atoms. The van der Waals surface area contributed by atoms with Crippen LogP contribution in [-0.2, 0) is 7.05 Å². The van der Waals surface area contributed by atoms with E-state index in [9.17, 15) is 9.90 Å². The van der Waals surface area contributed by atoms with Crippen molar-refractivity contribution < 1.29 is 5.11 Å². The molecule has 0 aliphatic carbocycles. The van der Waals surface area contributed by atoms with Crippen molar-refractivity contribution in [2.45, 2.75) is 5.25 Å². The van der Waals surface area contributed by atoms with E-state index in [4.69, 9.17) is 0 Å². The summed E-state index contributed by atoms with van der Waals surface area (Å²) in [6.45, 7) is 0. The highest BCUT2D eigenvalue weighted by atomic mass is 32.2. The third-order valence-corrected chi connectivity index (χ3v) is 5.13. The van der Waals surface area contributed by atoms with Crippen molar-refractivity contribution in [1.29, 1.82) is 0 Å². The topological polar surface area (TPSA) is 60.0 Å². The van der Waals surface area contributed by atoms with Gasteiger partial charge in [-0.25, -0.2) is 14.0 Å². The molecule has 1 unspecified atom stereocenters. The Morgan fingerprint density at radius 1 is 1.08 bits per heavy atom. The molecule has 1 aliphatic heterocycles. The van der Waals surface area contributed by atoms with Crippen LogP contribution in [0.15, 0.2) is 64.8 Å². The highest BCUT2D eigenvalue weighted by Gasteiger charge is 2.30. The van der Waals surface area contributed by atoms with Gasteiger partial charge in [0.15, 0.2) is 5.82 Å². The van der Waals surface area contributed by atoms with E-state index >= 15 is 0 Å². The van der Waals surface area contributed by atoms with Crippen LogP contribution in [0.2, 0.25) is 0 Å². The van der Waals surface area contributed by atoms with Gasteiger partial charge in [-0.05, 0) is 17.0 Å². The standard InChI is InChI=1S/C18H15N3O2S/c1-20-18(23)21-14(12-7-3-2-4-8-12)11-24-16(17(21)19-20)13-9-5-6-10-15(13)22/h2-11,16,22H,1H3. The van der Waals surface area contributed by atoms with Gasteiger partial charge in [-0.2, -0.15) is 5.10 Å². The van der Waals surface area contributed by atoms with Gasteiger partial charge in [0.25, 0.3) is 0 Å². The number of fused-ring (bicyclic) bond motifs is 1. The van der Waals surface area contributed by atoms with E-state index in [0.29, 0.717) is 5.82 Å². The number of para-hydroxylation sites is 1. The number of thioether (sulfide) groups is 1. The zero-order valence-electron chi connectivity index (χ0n) is 13.0. The molecule has 4 rings (SSSR count). The summed E-state index contributed by atoms with van der Waals surface area (Å²) in [6.07, 6.45) is 0. The van der Waals surface area contributed by atoms with Crippen LogP contribution < -0.4 is 5.69 Å². The van der Waals surface area contributed by atoms with Gasteiger partial charge in [-0.15, -0.1) is 11.8 Å². The maximum Gasteiger partial charge on any atom is 0.350 e. The van der Waals surface area contributed by atoms with Gasteiger partial charge in [0.05, 0.1) is 10.9 Å². The molecule has 0 radical (unpaired) electrons. The number of hydrogen-bond acceptors (Lipinski definition) is 4. The Bertz CT molecular complexity index is 989. The predicted molar refractivity (Wildman–Crippen MR) is 94.8 cm³/mol. The first-order valence-electron chi connectivity index (χ1n) is 7.52. The van der Waals surface area contributed by atoms with E-state index in [1.807, 2.05) is 47.9 Å². The monoisotopic (exact) mass is 337 g/mol. The van der Waals surface area contributed by atoms with Gasteiger partial charge in [-0.1, -0.05) is 48.5 Å². The molecule has 1 N–H and O–H groups in total. The molecule has 0 fully saturated rings. The Labute approximate surface area is 142 Å². The highest BCUT2D eigenvalue weighted by Crippen LogP contribution is 2.44. The second-order valence-electron chi connectivity index (χ2n) is 5.54. The number of phenolic OH excluding ortho intramolecular Hbond substituents is 1. The molecular formula is C18H15N3O2S. The molecule has 0 spiro atoms. The molecule has 5 nitrogen and oxygen atoms in total. The Hall–Kier alpha value is -2.73. The Morgan fingerprint density at radius 2 is 1.79 bits per heavy atom. The van der Waals surface area contributed by atoms with Crippen molar-refractivity contribution >= 4 is 17.5 Å². The molecule has 1 aliphatic rings. The average molecular weight is 337 g/mol. The number of aromatic hydroxyl groups is 1. The van der Waals surface area contributed by atoms with Gasteiger partial charge in [0.2, 0.25) is 0 Å². The van der Waals surface area contributed by atoms with Crippen molar-refractivity contribution in [3.05, 3.63) is 87.4 Å². The van der Waals surface area contributed by atoms with Gasteiger partial charge < -0.3 is 5.11 Å². The number of nitrogens with zero attached hydrogens (tertiary/aromatic N) is 3. The summed E-state index contributed by atoms with van der Waals surface area (Å²) in [5, 5.41) is 16.3. The summed E-state index contributed by atoms with van der Waals surface area (Å²) in [4.78, 5) is 12.6. The second-order valence-corrected chi connectivity index (χ2v) is 6.52. The lowest BCUT2D eigenvalue weighted by atomic mass is 10.1. The molecule has 0 saturated carbocycles. The van der Waals surface area contributed by atoms with Gasteiger partial charge in [0.1, 0.15) is 5.75 Å². The van der Waals surface area contributed by atoms with E-state index in [1.54, 1.807) is 35.5 Å². The van der Waals surface area contributed by atoms with Crippen molar-refractivity contribution in [2.75, 3.05) is 0 Å². The molecule has 3 aromatic rings. The maximum absolute atomic E-state index is 12.6. The fourth-order valence-corrected chi connectivity index (χ4v) is 3.98.